The molecule has 1 aromatic carbocycles. The van der Waals surface area contributed by atoms with Crippen molar-refractivity contribution in [3.05, 3.63) is 60.4 Å². The third-order valence-electron chi connectivity index (χ3n) is 4.19. The monoisotopic (exact) mass is 494 g/mol. The van der Waals surface area contributed by atoms with Gasteiger partial charge in [0, 0.05) is 30.7 Å². The van der Waals surface area contributed by atoms with Crippen LogP contribution in [0.1, 0.15) is 25.3 Å². The van der Waals surface area contributed by atoms with Crippen LogP contribution < -0.4 is 16.0 Å². The second kappa shape index (κ2) is 11.5. The van der Waals surface area contributed by atoms with Crippen molar-refractivity contribution in [3.8, 4) is 0 Å². The lowest BCUT2D eigenvalue weighted by Gasteiger charge is -2.16. The number of halogens is 1. The molecule has 0 bridgehead atoms. The second-order valence-corrected chi connectivity index (χ2v) is 6.43. The normalized spacial score (nSPS) is 13.8. The maximum Gasteiger partial charge on any atom is 0.246 e. The fourth-order valence-electron chi connectivity index (χ4n) is 2.91. The van der Waals surface area contributed by atoms with Crippen LogP contribution >= 0.6 is 24.0 Å². The second-order valence-electron chi connectivity index (χ2n) is 6.43. The van der Waals surface area contributed by atoms with E-state index in [2.05, 4.69) is 45.1 Å². The van der Waals surface area contributed by atoms with Gasteiger partial charge in [-0.25, -0.2) is 4.99 Å². The highest BCUT2D eigenvalue weighted by atomic mass is 127. The lowest BCUT2D eigenvalue weighted by Crippen LogP contribution is -2.42. The highest BCUT2D eigenvalue weighted by Gasteiger charge is 2.11. The van der Waals surface area contributed by atoms with E-state index >= 15 is 0 Å². The van der Waals surface area contributed by atoms with E-state index in [0.717, 1.165) is 36.6 Å². The van der Waals surface area contributed by atoms with Gasteiger partial charge in [0.05, 0.1) is 6.54 Å². The number of amides is 1. The number of aromatic nitrogens is 2. The Balaban J connectivity index is 0.00000280. The summed E-state index contributed by atoms with van der Waals surface area (Å²) >= 11 is 0. The van der Waals surface area contributed by atoms with E-state index in [9.17, 15) is 4.79 Å². The average Bonchev–Trinajstić information content (AvgIpc) is 3.34. The number of nitrogens with zero attached hydrogens (tertiary/aromatic N) is 3. The molecule has 0 spiro atoms. The molecule has 8 heteroatoms. The molecule has 0 radical (unpaired) electrons. The molecule has 1 amide bonds. The van der Waals surface area contributed by atoms with Gasteiger partial charge in [-0.05, 0) is 43.5 Å². The first-order chi connectivity index (χ1) is 13.2. The zero-order chi connectivity index (χ0) is 18.9. The Morgan fingerprint density at radius 3 is 2.82 bits per heavy atom. The fourth-order valence-corrected chi connectivity index (χ4v) is 2.91. The van der Waals surface area contributed by atoms with Gasteiger partial charge in [-0.3, -0.25) is 9.48 Å². The molecule has 28 heavy (non-hydrogen) atoms. The first-order valence-electron chi connectivity index (χ1n) is 9.29. The van der Waals surface area contributed by atoms with Gasteiger partial charge >= 0.3 is 0 Å². The van der Waals surface area contributed by atoms with Crippen molar-refractivity contribution in [2.24, 2.45) is 4.99 Å². The van der Waals surface area contributed by atoms with Gasteiger partial charge in [0.2, 0.25) is 5.91 Å². The van der Waals surface area contributed by atoms with Gasteiger partial charge in [-0.1, -0.05) is 24.3 Å². The molecule has 1 aliphatic rings. The summed E-state index contributed by atoms with van der Waals surface area (Å²) in [6, 6.07) is 9.97. The Morgan fingerprint density at radius 1 is 1.29 bits per heavy atom. The van der Waals surface area contributed by atoms with Gasteiger partial charge < -0.3 is 16.0 Å². The number of benzene rings is 1. The standard InChI is InChI=1S/C20H26N6O.HI/c1-2-21-20(25-17-8-3-4-9-17)22-14-16-7-5-10-18(13-16)24-19(27)15-26-12-6-11-23-26;/h3-7,10-13,17H,2,8-9,14-15H2,1H3,(H,24,27)(H2,21,22,25);1H. The van der Waals surface area contributed by atoms with Crippen LogP contribution in [-0.4, -0.2) is 34.2 Å². The van der Waals surface area contributed by atoms with Crippen molar-refractivity contribution in [3.63, 3.8) is 0 Å². The van der Waals surface area contributed by atoms with Gasteiger partial charge in [0.25, 0.3) is 0 Å². The molecule has 0 unspecified atom stereocenters. The summed E-state index contributed by atoms with van der Waals surface area (Å²) in [4.78, 5) is 16.8. The van der Waals surface area contributed by atoms with Crippen LogP contribution in [0.2, 0.25) is 0 Å². The molecule has 0 aliphatic heterocycles. The molecule has 2 aromatic rings. The molecule has 1 aliphatic carbocycles. The zero-order valence-corrected chi connectivity index (χ0v) is 18.3. The molecule has 7 nitrogen and oxygen atoms in total. The number of nitrogens with one attached hydrogen (secondary N) is 3. The number of hydrogen-bond donors (Lipinski definition) is 3. The lowest BCUT2D eigenvalue weighted by atomic mass is 10.2. The van der Waals surface area contributed by atoms with Crippen molar-refractivity contribution >= 4 is 41.5 Å². The number of carbonyl (C=O) groups excluding carboxylic acids is 1. The van der Waals surface area contributed by atoms with Crippen molar-refractivity contribution in [1.82, 2.24) is 20.4 Å². The van der Waals surface area contributed by atoms with E-state index in [1.54, 1.807) is 23.1 Å². The number of anilines is 1. The molecule has 3 N–H and O–H groups in total. The van der Waals surface area contributed by atoms with E-state index in [0.29, 0.717) is 12.6 Å². The SMILES string of the molecule is CCNC(=NCc1cccc(NC(=O)Cn2cccn2)c1)NC1CC=CC1.I. The van der Waals surface area contributed by atoms with E-state index in [1.807, 2.05) is 24.3 Å². The molecular weight excluding hydrogens is 467 g/mol. The van der Waals surface area contributed by atoms with E-state index < -0.39 is 0 Å². The van der Waals surface area contributed by atoms with Crippen LogP contribution in [0.25, 0.3) is 0 Å². The van der Waals surface area contributed by atoms with Crippen molar-refractivity contribution in [2.45, 2.75) is 38.9 Å². The molecule has 0 saturated carbocycles. The average molecular weight is 494 g/mol. The predicted molar refractivity (Wildman–Crippen MR) is 123 cm³/mol. The molecule has 0 saturated heterocycles. The third-order valence-corrected chi connectivity index (χ3v) is 4.19. The van der Waals surface area contributed by atoms with Crippen molar-refractivity contribution < 1.29 is 4.79 Å². The summed E-state index contributed by atoms with van der Waals surface area (Å²) in [6.45, 7) is 3.60. The Hall–Kier alpha value is -2.36. The van der Waals surface area contributed by atoms with Gasteiger partial charge in [0.15, 0.2) is 5.96 Å². The number of rotatable bonds is 7. The van der Waals surface area contributed by atoms with Crippen molar-refractivity contribution in [1.29, 1.82) is 0 Å². The predicted octanol–water partition coefficient (Wildman–Crippen LogP) is 2.91. The summed E-state index contributed by atoms with van der Waals surface area (Å²) in [5.74, 6) is 0.711. The largest absolute Gasteiger partial charge is 0.357 e. The maximum atomic E-state index is 12.1. The highest BCUT2D eigenvalue weighted by molar-refractivity contribution is 14.0. The summed E-state index contributed by atoms with van der Waals surface area (Å²) < 4.78 is 1.59. The first-order valence-corrected chi connectivity index (χ1v) is 9.29. The minimum atomic E-state index is -0.108. The van der Waals surface area contributed by atoms with Crippen LogP contribution in [0.15, 0.2) is 59.9 Å². The first kappa shape index (κ1) is 21.9. The van der Waals surface area contributed by atoms with E-state index in [-0.39, 0.29) is 36.4 Å². The van der Waals surface area contributed by atoms with Gasteiger partial charge in [0.1, 0.15) is 6.54 Å². The minimum Gasteiger partial charge on any atom is -0.357 e. The Labute approximate surface area is 182 Å². The van der Waals surface area contributed by atoms with Crippen molar-refractivity contribution in [2.75, 3.05) is 11.9 Å². The van der Waals surface area contributed by atoms with E-state index in [1.165, 1.54) is 0 Å². The van der Waals surface area contributed by atoms with Crippen LogP contribution in [0, 0.1) is 0 Å². The van der Waals surface area contributed by atoms with E-state index in [4.69, 9.17) is 0 Å². The molecule has 3 rings (SSSR count). The lowest BCUT2D eigenvalue weighted by molar-refractivity contribution is -0.116. The summed E-state index contributed by atoms with van der Waals surface area (Å²) in [6.07, 6.45) is 9.86. The number of carbonyl (C=O) groups is 1. The maximum absolute atomic E-state index is 12.1. The molecule has 0 atom stereocenters. The molecule has 1 heterocycles. The van der Waals surface area contributed by atoms with Crippen LogP contribution in [0.3, 0.4) is 0 Å². The van der Waals surface area contributed by atoms with Crippen LogP contribution in [-0.2, 0) is 17.9 Å². The van der Waals surface area contributed by atoms with Gasteiger partial charge in [-0.15, -0.1) is 24.0 Å². The minimum absolute atomic E-state index is 0. The van der Waals surface area contributed by atoms with Gasteiger partial charge in [-0.2, -0.15) is 5.10 Å². The van der Waals surface area contributed by atoms with Crippen LogP contribution in [0.5, 0.6) is 0 Å². The Morgan fingerprint density at radius 2 is 2.11 bits per heavy atom. The highest BCUT2D eigenvalue weighted by Crippen LogP contribution is 2.12. The third kappa shape index (κ3) is 6.99. The molecule has 1 aromatic heterocycles. The Kier molecular flexibility index (Phi) is 8.99. The fraction of sp³-hybridized carbons (Fsp3) is 0.350. The Bertz CT molecular complexity index is 795. The topological polar surface area (TPSA) is 83.3 Å². The number of guanidine groups is 1. The molecule has 150 valence electrons. The number of hydrogen-bond acceptors (Lipinski definition) is 3. The summed E-state index contributed by atoms with van der Waals surface area (Å²) in [7, 11) is 0. The molecule has 0 fully saturated rings. The smallest absolute Gasteiger partial charge is 0.246 e. The summed E-state index contributed by atoms with van der Waals surface area (Å²) in [5, 5.41) is 13.7. The molecular formula is C20H27IN6O. The summed E-state index contributed by atoms with van der Waals surface area (Å²) in [5.41, 5.74) is 1.80. The van der Waals surface area contributed by atoms with Crippen LogP contribution in [0.4, 0.5) is 5.69 Å². The zero-order valence-electron chi connectivity index (χ0n) is 16.0. The quantitative estimate of drug-likeness (QED) is 0.239. The number of aliphatic imine (C=N–C) groups is 1.